The minimum absolute atomic E-state index is 0.00400. The van der Waals surface area contributed by atoms with Crippen molar-refractivity contribution >= 4 is 23.3 Å². The maximum atomic E-state index is 12.3. The van der Waals surface area contributed by atoms with Gasteiger partial charge in [-0.1, -0.05) is 6.92 Å². The second kappa shape index (κ2) is 7.47. The first-order chi connectivity index (χ1) is 11.3. The van der Waals surface area contributed by atoms with Crippen LogP contribution in [0.15, 0.2) is 18.2 Å². The summed E-state index contributed by atoms with van der Waals surface area (Å²) in [5.74, 6) is -0.352. The lowest BCUT2D eigenvalue weighted by atomic mass is 10.0. The second-order valence-corrected chi connectivity index (χ2v) is 6.07. The number of fused-ring (bicyclic) bond motifs is 1. The molecule has 0 saturated heterocycles. The van der Waals surface area contributed by atoms with Crippen LogP contribution in [0.4, 0.5) is 5.69 Å². The molecule has 6 heteroatoms. The van der Waals surface area contributed by atoms with Crippen molar-refractivity contribution in [2.75, 3.05) is 11.5 Å². The van der Waals surface area contributed by atoms with Gasteiger partial charge in [0.15, 0.2) is 12.4 Å². The predicted molar refractivity (Wildman–Crippen MR) is 89.4 cm³/mol. The Balaban J connectivity index is 2.37. The zero-order valence-corrected chi connectivity index (χ0v) is 14.5. The van der Waals surface area contributed by atoms with Crippen LogP contribution in [0.2, 0.25) is 0 Å². The summed E-state index contributed by atoms with van der Waals surface area (Å²) in [5, 5.41) is 0. The van der Waals surface area contributed by atoms with Crippen LogP contribution in [-0.2, 0) is 14.3 Å². The maximum absolute atomic E-state index is 12.3. The van der Waals surface area contributed by atoms with Gasteiger partial charge in [0.25, 0.3) is 5.91 Å². The van der Waals surface area contributed by atoms with Crippen LogP contribution in [0.3, 0.4) is 0 Å². The molecule has 1 aliphatic rings. The molecule has 1 amide bonds. The third kappa shape index (κ3) is 3.75. The summed E-state index contributed by atoms with van der Waals surface area (Å²) in [6, 6.07) is 4.17. The van der Waals surface area contributed by atoms with Crippen molar-refractivity contribution in [2.45, 2.75) is 52.7 Å². The number of amides is 1. The van der Waals surface area contributed by atoms with Gasteiger partial charge in [0.1, 0.15) is 11.8 Å². The van der Waals surface area contributed by atoms with E-state index in [1.807, 2.05) is 6.92 Å². The number of Topliss-reactive ketones (excluding diaryl/α,β-unsaturated/α-hetero) is 1. The average Bonchev–Trinajstić information content (AvgIpc) is 2.53. The summed E-state index contributed by atoms with van der Waals surface area (Å²) in [6.45, 7) is 6.90. The number of rotatable bonds is 6. The highest BCUT2D eigenvalue weighted by atomic mass is 16.5. The molecule has 0 aliphatic carbocycles. The van der Waals surface area contributed by atoms with Gasteiger partial charge >= 0.3 is 5.97 Å². The van der Waals surface area contributed by atoms with Crippen LogP contribution in [0, 0.1) is 0 Å². The molecule has 1 aromatic rings. The monoisotopic (exact) mass is 333 g/mol. The van der Waals surface area contributed by atoms with E-state index in [4.69, 9.17) is 9.47 Å². The molecule has 0 N–H and O–H groups in total. The molecule has 24 heavy (non-hydrogen) atoms. The van der Waals surface area contributed by atoms with Crippen molar-refractivity contribution in [3.63, 3.8) is 0 Å². The van der Waals surface area contributed by atoms with Gasteiger partial charge in [-0.2, -0.15) is 0 Å². The fourth-order valence-electron chi connectivity index (χ4n) is 2.58. The van der Waals surface area contributed by atoms with Gasteiger partial charge in [-0.15, -0.1) is 0 Å². The number of nitrogens with zero attached hydrogens (tertiary/aromatic N) is 1. The second-order valence-electron chi connectivity index (χ2n) is 6.07. The average molecular weight is 333 g/mol. The zero-order chi connectivity index (χ0) is 17.9. The number of carbonyl (C=O) groups is 3. The van der Waals surface area contributed by atoms with E-state index in [9.17, 15) is 14.4 Å². The number of hydrogen-bond acceptors (Lipinski definition) is 5. The lowest BCUT2D eigenvalue weighted by molar-refractivity contribution is -0.149. The normalized spacial score (nSPS) is 14.9. The molecule has 0 saturated carbocycles. The van der Waals surface area contributed by atoms with E-state index in [1.165, 1.54) is 4.90 Å². The molecule has 0 radical (unpaired) electrons. The van der Waals surface area contributed by atoms with Gasteiger partial charge < -0.3 is 9.47 Å². The Hall–Kier alpha value is -2.37. The molecule has 0 fully saturated rings. The maximum Gasteiger partial charge on any atom is 0.329 e. The lowest BCUT2D eigenvalue weighted by Gasteiger charge is -2.33. The molecule has 1 unspecified atom stereocenters. The van der Waals surface area contributed by atoms with E-state index in [1.54, 1.807) is 39.0 Å². The molecule has 0 bridgehead atoms. The Morgan fingerprint density at radius 1 is 1.29 bits per heavy atom. The van der Waals surface area contributed by atoms with Crippen LogP contribution >= 0.6 is 0 Å². The number of hydrogen-bond donors (Lipinski definition) is 0. The molecule has 1 atom stereocenters. The summed E-state index contributed by atoms with van der Waals surface area (Å²) >= 11 is 0. The minimum atomic E-state index is -0.793. The van der Waals surface area contributed by atoms with Crippen molar-refractivity contribution < 1.29 is 23.9 Å². The summed E-state index contributed by atoms with van der Waals surface area (Å²) in [7, 11) is 0. The van der Waals surface area contributed by atoms with Crippen LogP contribution < -0.4 is 9.64 Å². The molecule has 1 heterocycles. The Morgan fingerprint density at radius 3 is 2.62 bits per heavy atom. The molecule has 1 aliphatic heterocycles. The largest absolute Gasteiger partial charge is 0.482 e. The smallest absolute Gasteiger partial charge is 0.329 e. The van der Waals surface area contributed by atoms with E-state index >= 15 is 0 Å². The molecule has 2 rings (SSSR count). The zero-order valence-electron chi connectivity index (χ0n) is 14.5. The first-order valence-corrected chi connectivity index (χ1v) is 8.17. The third-order valence-corrected chi connectivity index (χ3v) is 3.72. The highest BCUT2D eigenvalue weighted by Crippen LogP contribution is 2.35. The van der Waals surface area contributed by atoms with Crippen LogP contribution in [0.25, 0.3) is 0 Å². The van der Waals surface area contributed by atoms with Crippen LogP contribution in [0.1, 0.15) is 50.9 Å². The highest BCUT2D eigenvalue weighted by Gasteiger charge is 2.34. The van der Waals surface area contributed by atoms with Gasteiger partial charge in [0.05, 0.1) is 11.8 Å². The highest BCUT2D eigenvalue weighted by molar-refractivity contribution is 6.05. The summed E-state index contributed by atoms with van der Waals surface area (Å²) in [6.07, 6.45) is 0.901. The Bertz CT molecular complexity index is 653. The number of ketones is 1. The van der Waals surface area contributed by atoms with E-state index in [0.29, 0.717) is 23.4 Å². The minimum Gasteiger partial charge on any atom is -0.482 e. The standard InChI is InChI=1S/C18H23NO5/c1-5-6-15(20)13-7-8-16-14(9-13)19(17(21)10-23-16)12(4)18(22)24-11(2)3/h7-9,11-12H,5-6,10H2,1-4H3. The number of benzene rings is 1. The summed E-state index contributed by atoms with van der Waals surface area (Å²) < 4.78 is 10.6. The quantitative estimate of drug-likeness (QED) is 0.591. The summed E-state index contributed by atoms with van der Waals surface area (Å²) in [5.41, 5.74) is 0.935. The SMILES string of the molecule is CCCC(=O)c1ccc2c(c1)N(C(C)C(=O)OC(C)C)C(=O)CO2. The van der Waals surface area contributed by atoms with E-state index in [2.05, 4.69) is 0 Å². The number of anilines is 1. The first-order valence-electron chi connectivity index (χ1n) is 8.17. The fourth-order valence-corrected chi connectivity index (χ4v) is 2.58. The third-order valence-electron chi connectivity index (χ3n) is 3.72. The molecular formula is C18H23NO5. The van der Waals surface area contributed by atoms with Crippen molar-refractivity contribution in [1.82, 2.24) is 0 Å². The fraction of sp³-hybridized carbons (Fsp3) is 0.500. The summed E-state index contributed by atoms with van der Waals surface area (Å²) in [4.78, 5) is 38.0. The van der Waals surface area contributed by atoms with Crippen molar-refractivity contribution in [3.05, 3.63) is 23.8 Å². The first kappa shape index (κ1) is 18.0. The van der Waals surface area contributed by atoms with E-state index in [0.717, 1.165) is 6.42 Å². The molecule has 6 nitrogen and oxygen atoms in total. The lowest BCUT2D eigenvalue weighted by Crippen LogP contribution is -2.49. The van der Waals surface area contributed by atoms with E-state index in [-0.39, 0.29) is 24.4 Å². The molecule has 1 aromatic carbocycles. The Morgan fingerprint density at radius 2 is 2.00 bits per heavy atom. The Kier molecular flexibility index (Phi) is 5.59. The number of esters is 1. The molecule has 0 aromatic heterocycles. The van der Waals surface area contributed by atoms with Crippen molar-refractivity contribution in [2.24, 2.45) is 0 Å². The van der Waals surface area contributed by atoms with Crippen LogP contribution in [0.5, 0.6) is 5.75 Å². The predicted octanol–water partition coefficient (Wildman–Crippen LogP) is 2.73. The number of ether oxygens (including phenoxy) is 2. The molecule has 130 valence electrons. The van der Waals surface area contributed by atoms with Gasteiger partial charge in [0, 0.05) is 12.0 Å². The van der Waals surface area contributed by atoms with Crippen LogP contribution in [-0.4, -0.2) is 36.4 Å². The van der Waals surface area contributed by atoms with E-state index < -0.39 is 12.0 Å². The molecule has 0 spiro atoms. The Labute approximate surface area is 141 Å². The van der Waals surface area contributed by atoms with Crippen molar-refractivity contribution in [3.8, 4) is 5.75 Å². The van der Waals surface area contributed by atoms with Gasteiger partial charge in [-0.05, 0) is 45.4 Å². The van der Waals surface area contributed by atoms with Gasteiger partial charge in [-0.25, -0.2) is 4.79 Å². The topological polar surface area (TPSA) is 72.9 Å². The van der Waals surface area contributed by atoms with Gasteiger partial charge in [-0.3, -0.25) is 14.5 Å². The molecular weight excluding hydrogens is 310 g/mol. The van der Waals surface area contributed by atoms with Crippen molar-refractivity contribution in [1.29, 1.82) is 0 Å². The van der Waals surface area contributed by atoms with Gasteiger partial charge in [0.2, 0.25) is 0 Å². The number of carbonyl (C=O) groups excluding carboxylic acids is 3.